The van der Waals surface area contributed by atoms with Gasteiger partial charge in [0.15, 0.2) is 0 Å². The van der Waals surface area contributed by atoms with Gasteiger partial charge in [-0.3, -0.25) is 24.0 Å². The summed E-state index contributed by atoms with van der Waals surface area (Å²) in [5.74, 6) is -14.9. The van der Waals surface area contributed by atoms with Crippen LogP contribution >= 0.6 is 0 Å². The number of hydrogen-bond acceptors (Lipinski definition) is 20. The summed E-state index contributed by atoms with van der Waals surface area (Å²) in [5.41, 5.74) is 6.02. The second-order valence-electron chi connectivity index (χ2n) is 37.2. The molecular formula is C95H115F10N25O5. The van der Waals surface area contributed by atoms with Gasteiger partial charge in [-0.1, -0.05) is 60.6 Å². The lowest BCUT2D eigenvalue weighted by molar-refractivity contribution is -0.131. The molecule has 720 valence electrons. The fourth-order valence-corrected chi connectivity index (χ4v) is 20.2. The maximum absolute atomic E-state index is 13.6. The average Bonchev–Trinajstić information content (AvgIpc) is 1.60. The Morgan fingerprint density at radius 1 is 0.341 bits per heavy atom. The molecule has 0 bridgehead atoms. The van der Waals surface area contributed by atoms with Gasteiger partial charge in [0.25, 0.3) is 29.6 Å². The van der Waals surface area contributed by atoms with Crippen LogP contribution < -0.4 is 26.6 Å². The van der Waals surface area contributed by atoms with E-state index in [-0.39, 0.29) is 122 Å². The van der Waals surface area contributed by atoms with E-state index >= 15 is 0 Å². The number of nitrogens with zero attached hydrogens (tertiary/aromatic N) is 15. The molecule has 15 heterocycles. The molecule has 10 aromatic rings. The molecular weight excluding hydrogens is 1760 g/mol. The molecule has 40 heteroatoms. The summed E-state index contributed by atoms with van der Waals surface area (Å²) in [6, 6.07) is 0.928. The Kier molecular flexibility index (Phi) is 27.4. The number of aromatic amines is 5. The number of carbonyl (C=O) groups excluding carboxylic acids is 5. The number of nitrogens with one attached hydrogen (secondary N) is 10. The van der Waals surface area contributed by atoms with E-state index in [4.69, 9.17) is 0 Å². The predicted molar refractivity (Wildman–Crippen MR) is 494 cm³/mol. The van der Waals surface area contributed by atoms with Crippen molar-refractivity contribution in [2.45, 2.75) is 283 Å². The fraction of sp³-hybridized carbons (Fsp3) is 0.526. The van der Waals surface area contributed by atoms with Crippen molar-refractivity contribution in [3.8, 4) is 0 Å². The lowest BCUT2D eigenvalue weighted by Crippen LogP contribution is -2.50. The highest BCUT2D eigenvalue weighted by atomic mass is 19.3. The average molecular weight is 1880 g/mol. The largest absolute Gasteiger partial charge is 0.365 e. The van der Waals surface area contributed by atoms with Gasteiger partial charge in [-0.25, -0.2) is 93.7 Å². The fourth-order valence-electron chi connectivity index (χ4n) is 20.2. The lowest BCUT2D eigenvalue weighted by atomic mass is 9.96. The molecule has 5 aliphatic heterocycles. The highest BCUT2D eigenvalue weighted by Gasteiger charge is 2.62. The number of alkyl halides is 10. The molecule has 10 aromatic heterocycles. The second kappa shape index (κ2) is 38.7. The van der Waals surface area contributed by atoms with Gasteiger partial charge >= 0.3 is 0 Å². The molecule has 30 nitrogen and oxygen atoms in total. The Morgan fingerprint density at radius 3 is 0.711 bits per heavy atom. The smallest absolute Gasteiger partial charge is 0.256 e. The zero-order chi connectivity index (χ0) is 96.1. The van der Waals surface area contributed by atoms with Crippen LogP contribution in [0.3, 0.4) is 0 Å². The highest BCUT2D eigenvalue weighted by Crippen LogP contribution is 2.62. The van der Waals surface area contributed by atoms with Gasteiger partial charge in [0, 0.05) is 162 Å². The van der Waals surface area contributed by atoms with Crippen molar-refractivity contribution in [3.63, 3.8) is 0 Å². The van der Waals surface area contributed by atoms with Gasteiger partial charge in [-0.15, -0.1) is 0 Å². The van der Waals surface area contributed by atoms with Crippen LogP contribution in [0, 0.1) is 0 Å². The van der Waals surface area contributed by atoms with E-state index in [2.05, 4.69) is 162 Å². The summed E-state index contributed by atoms with van der Waals surface area (Å²) in [4.78, 5) is 128. The Labute approximate surface area is 773 Å². The minimum atomic E-state index is -2.66. The number of fused-ring (bicyclic) bond motifs is 5. The maximum Gasteiger partial charge on any atom is 0.256 e. The van der Waals surface area contributed by atoms with Gasteiger partial charge < -0.3 is 76.0 Å². The van der Waals surface area contributed by atoms with Crippen molar-refractivity contribution in [2.24, 2.45) is 0 Å². The minimum absolute atomic E-state index is 0.00253. The molecule has 10 aliphatic rings. The van der Waals surface area contributed by atoms with E-state index < -0.39 is 59.2 Å². The monoisotopic (exact) mass is 1880 g/mol. The number of piperidine rings is 5. The van der Waals surface area contributed by atoms with Gasteiger partial charge in [0.2, 0.25) is 29.5 Å². The summed E-state index contributed by atoms with van der Waals surface area (Å²) in [6.07, 6.45) is 32.1. The van der Waals surface area contributed by atoms with Gasteiger partial charge in [-0.2, -0.15) is 0 Å². The molecule has 5 amide bonds. The molecule has 15 atom stereocenters. The number of likely N-dealkylation sites (tertiary alicyclic amines) is 5. The van der Waals surface area contributed by atoms with Gasteiger partial charge in [0.05, 0.1) is 56.5 Å². The summed E-state index contributed by atoms with van der Waals surface area (Å²) < 4.78 is 136. The van der Waals surface area contributed by atoms with E-state index in [1.807, 2.05) is 31.4 Å². The SMILES string of the molecule is C=C(C)C(=O)N1C[C@H](Nc2ncnc3[nH]cc([C@@H]4CC4(F)F)c23)CC[C@@H]1C.C=CC(=O)N1CC(Nc2ncnc3[nH]cc([C@@H]4CC4(F)F)c23)CC[C@H]1CC.C=CC(=O)N1C[C@@H](Nc2ncnc3[nH]cc([C@H]4CC4(F)F)c23)CC[C@H]1CC.C=CC(=O)N1C[C@H](Nc2ncnc3[nH]cc([C@@H]4CC4(F)F)c23)CC[C@@H]1CC.C=CC(=O)N1C[C@H](Nc2ncnc3[nH]cc([C@H]4CC4(F)F)c23)CC[C@@H]1CC. The Hall–Kier alpha value is -12.6. The first-order valence-corrected chi connectivity index (χ1v) is 46.5. The van der Waals surface area contributed by atoms with Crippen LogP contribution in [0.2, 0.25) is 0 Å². The first-order chi connectivity index (χ1) is 64.5. The number of H-pyrrole nitrogens is 5. The molecule has 0 radical (unpaired) electrons. The molecule has 5 aliphatic carbocycles. The second-order valence-corrected chi connectivity index (χ2v) is 37.2. The molecule has 10 N–H and O–H groups in total. The number of aromatic nitrogens is 15. The van der Waals surface area contributed by atoms with Crippen LogP contribution in [0.15, 0.2) is 125 Å². The van der Waals surface area contributed by atoms with Crippen molar-refractivity contribution in [2.75, 3.05) is 59.3 Å². The van der Waals surface area contributed by atoms with E-state index in [0.717, 1.165) is 89.9 Å². The van der Waals surface area contributed by atoms with Crippen LogP contribution in [-0.2, 0) is 24.0 Å². The third-order valence-electron chi connectivity index (χ3n) is 28.3. The third-order valence-corrected chi connectivity index (χ3v) is 28.3. The standard InChI is InChI=1S/5C19H23F2N5O/c1-10(2)18(27)26-8-12(5-4-11(26)3)25-17-15-13(14-6-19(14,20)21)7-22-16(15)23-9-24-17;4*1-3-12-6-5-11(9-26(12)15(27)4-2)25-18-16-13(14-7-19(14,20)21)8-22-17(16)23-10-24-18/h7,9,11-12,14H,1,4-6,8H2,2-3H3,(H2,22,23,24,25);4*4,8,10-12,14H,2-3,5-7,9H2,1H3,(H2,22,23,24,25)/t11-,12+,14-;11?,12-,14+;2*11-,12+,14+;11-,12+,14-/m01101/s1. The van der Waals surface area contributed by atoms with E-state index in [1.54, 1.807) is 37.9 Å². The predicted octanol–water partition coefficient (Wildman–Crippen LogP) is 17.2. The maximum atomic E-state index is 13.6. The Balaban J connectivity index is 0.000000123. The third kappa shape index (κ3) is 20.3. The molecule has 20 rings (SSSR count). The molecule has 0 aromatic carbocycles. The Bertz CT molecular complexity index is 5350. The van der Waals surface area contributed by atoms with E-state index in [1.165, 1.54) is 55.9 Å². The molecule has 10 fully saturated rings. The Morgan fingerprint density at radius 2 is 0.533 bits per heavy atom. The van der Waals surface area contributed by atoms with Crippen LogP contribution in [0.1, 0.15) is 221 Å². The summed E-state index contributed by atoms with van der Waals surface area (Å²) >= 11 is 0. The minimum Gasteiger partial charge on any atom is -0.365 e. The lowest BCUT2D eigenvalue weighted by Gasteiger charge is -2.39. The number of rotatable bonds is 24. The normalized spacial score (nSPS) is 26.8. The highest BCUT2D eigenvalue weighted by molar-refractivity contribution is 5.97. The quantitative estimate of drug-likeness (QED) is 0.0198. The van der Waals surface area contributed by atoms with Crippen molar-refractivity contribution in [1.29, 1.82) is 0 Å². The molecule has 5 saturated carbocycles. The van der Waals surface area contributed by atoms with Crippen molar-refractivity contribution in [1.82, 2.24) is 99.3 Å². The molecule has 5 saturated heterocycles. The topological polar surface area (TPSA) is 370 Å². The van der Waals surface area contributed by atoms with Crippen molar-refractivity contribution in [3.05, 3.63) is 153 Å². The van der Waals surface area contributed by atoms with E-state index in [9.17, 15) is 67.9 Å². The summed E-state index contributed by atoms with van der Waals surface area (Å²) in [5, 5.41) is 20.0. The summed E-state index contributed by atoms with van der Waals surface area (Å²) in [7, 11) is 0. The van der Waals surface area contributed by atoms with Crippen molar-refractivity contribution >= 4 is 114 Å². The number of amides is 5. The van der Waals surface area contributed by atoms with Crippen LogP contribution in [0.4, 0.5) is 73.0 Å². The molecule has 1 unspecified atom stereocenters. The number of hydrogen-bond donors (Lipinski definition) is 10. The zero-order valence-electron chi connectivity index (χ0n) is 76.3. The zero-order valence-corrected chi connectivity index (χ0v) is 76.3. The molecule has 135 heavy (non-hydrogen) atoms. The van der Waals surface area contributed by atoms with Gasteiger partial charge in [0.1, 0.15) is 89.0 Å². The van der Waals surface area contributed by atoms with Crippen LogP contribution in [0.5, 0.6) is 0 Å². The first kappa shape index (κ1) is 95.6. The van der Waals surface area contributed by atoms with Crippen molar-refractivity contribution < 1.29 is 67.9 Å². The molecule has 0 spiro atoms. The van der Waals surface area contributed by atoms with Gasteiger partial charge in [-0.05, 0) is 156 Å². The number of carbonyl (C=O) groups is 5. The van der Waals surface area contributed by atoms with E-state index in [0.29, 0.717) is 150 Å². The number of halogens is 10. The van der Waals surface area contributed by atoms with Crippen LogP contribution in [0.25, 0.3) is 55.2 Å². The summed E-state index contributed by atoms with van der Waals surface area (Å²) in [6.45, 7) is 32.8. The first-order valence-electron chi connectivity index (χ1n) is 46.5. The van der Waals surface area contributed by atoms with Crippen LogP contribution in [-0.4, -0.2) is 252 Å². The number of anilines is 5.